The zero-order valence-electron chi connectivity index (χ0n) is 15.0. The van der Waals surface area contributed by atoms with Gasteiger partial charge < -0.3 is 21.2 Å². The van der Waals surface area contributed by atoms with Gasteiger partial charge in [-0.3, -0.25) is 10.2 Å². The van der Waals surface area contributed by atoms with Crippen LogP contribution in [0, 0.1) is 0 Å². The number of hydrogen-bond acceptors (Lipinski definition) is 5. The van der Waals surface area contributed by atoms with E-state index in [1.807, 2.05) is 48.5 Å². The summed E-state index contributed by atoms with van der Waals surface area (Å²) in [7, 11) is 0. The van der Waals surface area contributed by atoms with Crippen molar-refractivity contribution in [3.8, 4) is 11.5 Å². The van der Waals surface area contributed by atoms with Crippen molar-refractivity contribution in [2.75, 3.05) is 26.2 Å². The number of nitrogens with two attached hydrogens (primary N) is 2. The molecule has 1 saturated heterocycles. The maximum Gasteiger partial charge on any atom is 0.324 e. The number of guanidine groups is 1. The number of hydrogen-bond donors (Lipinski definition) is 3. The molecule has 1 aliphatic heterocycles. The number of carbonyl (C=O) groups excluding carboxylic acids is 1. The van der Waals surface area contributed by atoms with E-state index in [2.05, 4.69) is 21.4 Å². The first-order chi connectivity index (χ1) is 13.1. The lowest BCUT2D eigenvalue weighted by Crippen LogP contribution is -2.53. The fourth-order valence-corrected chi connectivity index (χ4v) is 2.92. The average Bonchev–Trinajstić information content (AvgIpc) is 2.69. The summed E-state index contributed by atoms with van der Waals surface area (Å²) in [4.78, 5) is 16.0. The second kappa shape index (κ2) is 8.91. The fraction of sp³-hybridized carbons (Fsp3) is 0.263. The smallest absolute Gasteiger partial charge is 0.324 e. The number of rotatable bonds is 4. The van der Waals surface area contributed by atoms with Gasteiger partial charge in [0.15, 0.2) is 0 Å². The molecule has 2 aromatic carbocycles. The van der Waals surface area contributed by atoms with Crippen molar-refractivity contribution < 1.29 is 9.53 Å². The van der Waals surface area contributed by atoms with Crippen LogP contribution >= 0.6 is 0 Å². The molecule has 1 fully saturated rings. The number of nitrogens with one attached hydrogen (secondary N) is 1. The number of piperazine rings is 1. The Hall–Kier alpha value is -3.26. The molecule has 0 aromatic heterocycles. The maximum absolute atomic E-state index is 12.0. The highest BCUT2D eigenvalue weighted by Crippen LogP contribution is 2.22. The molecule has 2 amide bonds. The number of nitrogens with zero attached hydrogens (tertiary/aromatic N) is 3. The van der Waals surface area contributed by atoms with Crippen LogP contribution in [-0.4, -0.2) is 48.0 Å². The Morgan fingerprint density at radius 3 is 2.44 bits per heavy atom. The molecule has 3 rings (SSSR count). The van der Waals surface area contributed by atoms with Gasteiger partial charge in [-0.1, -0.05) is 30.3 Å². The number of benzene rings is 2. The second-order valence-electron chi connectivity index (χ2n) is 6.27. The molecule has 0 radical (unpaired) electrons. The molecule has 1 heterocycles. The van der Waals surface area contributed by atoms with Crippen molar-refractivity contribution in [3.63, 3.8) is 0 Å². The van der Waals surface area contributed by atoms with Gasteiger partial charge in [0.05, 0.1) is 0 Å². The minimum atomic E-state index is -0.278. The van der Waals surface area contributed by atoms with Gasteiger partial charge in [-0.25, -0.2) is 4.79 Å². The van der Waals surface area contributed by atoms with Crippen LogP contribution in [0.4, 0.5) is 4.79 Å². The van der Waals surface area contributed by atoms with Gasteiger partial charge in [0, 0.05) is 32.7 Å². The lowest BCUT2D eigenvalue weighted by Gasteiger charge is -2.34. The lowest BCUT2D eigenvalue weighted by molar-refractivity contribution is 0.138. The minimum absolute atomic E-state index is 0.0855. The molecule has 0 bridgehead atoms. The first kappa shape index (κ1) is 18.5. The Kier molecular flexibility index (Phi) is 6.11. The Morgan fingerprint density at radius 2 is 1.74 bits per heavy atom. The van der Waals surface area contributed by atoms with Crippen LogP contribution in [-0.2, 0) is 6.54 Å². The van der Waals surface area contributed by atoms with Crippen molar-refractivity contribution in [3.05, 3.63) is 60.2 Å². The van der Waals surface area contributed by atoms with Gasteiger partial charge in [0.1, 0.15) is 11.5 Å². The molecule has 2 aromatic rings. The molecule has 8 nitrogen and oxygen atoms in total. The number of ether oxygens (including phenoxy) is 1. The van der Waals surface area contributed by atoms with Crippen LogP contribution in [0.1, 0.15) is 5.56 Å². The summed E-state index contributed by atoms with van der Waals surface area (Å²) in [5.74, 6) is 6.57. The predicted molar refractivity (Wildman–Crippen MR) is 104 cm³/mol. The number of hydrazone groups is 1. The Morgan fingerprint density at radius 1 is 1.04 bits per heavy atom. The van der Waals surface area contributed by atoms with Crippen molar-refractivity contribution >= 4 is 12.0 Å². The third kappa shape index (κ3) is 5.35. The van der Waals surface area contributed by atoms with E-state index in [1.165, 1.54) is 5.56 Å². The Labute approximate surface area is 158 Å². The fourth-order valence-electron chi connectivity index (χ4n) is 2.92. The summed E-state index contributed by atoms with van der Waals surface area (Å²) < 4.78 is 5.89. The zero-order valence-corrected chi connectivity index (χ0v) is 15.0. The largest absolute Gasteiger partial charge is 0.457 e. The molecule has 27 heavy (non-hydrogen) atoms. The normalized spacial score (nSPS) is 15.4. The highest BCUT2D eigenvalue weighted by Gasteiger charge is 2.21. The molecule has 0 saturated carbocycles. The molecule has 0 spiro atoms. The van der Waals surface area contributed by atoms with Crippen molar-refractivity contribution in [2.45, 2.75) is 6.54 Å². The molecule has 8 heteroatoms. The quantitative estimate of drug-likeness (QED) is 0.328. The molecular formula is C19H24N6O2. The number of para-hydroxylation sites is 1. The average molecular weight is 368 g/mol. The van der Waals surface area contributed by atoms with Crippen LogP contribution in [0.3, 0.4) is 0 Å². The van der Waals surface area contributed by atoms with Crippen LogP contribution in [0.5, 0.6) is 11.5 Å². The molecule has 1 aliphatic rings. The first-order valence-corrected chi connectivity index (χ1v) is 8.77. The molecular weight excluding hydrogens is 344 g/mol. The van der Waals surface area contributed by atoms with Crippen LogP contribution < -0.4 is 21.6 Å². The zero-order chi connectivity index (χ0) is 19.1. The molecule has 0 unspecified atom stereocenters. The highest BCUT2D eigenvalue weighted by molar-refractivity contribution is 5.95. The Bertz CT molecular complexity index is 788. The first-order valence-electron chi connectivity index (χ1n) is 8.77. The van der Waals surface area contributed by atoms with Crippen molar-refractivity contribution in [2.24, 2.45) is 16.7 Å². The highest BCUT2D eigenvalue weighted by atomic mass is 16.5. The SMILES string of the molecule is N/N=C(\N)NC(=O)N1CCN(Cc2cccc(Oc3ccccc3)c2)CC1. The topological polar surface area (TPSA) is 109 Å². The van der Waals surface area contributed by atoms with Crippen molar-refractivity contribution in [1.82, 2.24) is 15.1 Å². The van der Waals surface area contributed by atoms with E-state index < -0.39 is 0 Å². The summed E-state index contributed by atoms with van der Waals surface area (Å²) in [6.45, 7) is 3.58. The van der Waals surface area contributed by atoms with Gasteiger partial charge >= 0.3 is 6.03 Å². The van der Waals surface area contributed by atoms with Gasteiger partial charge in [0.2, 0.25) is 5.96 Å². The van der Waals surface area contributed by atoms with E-state index in [-0.39, 0.29) is 12.0 Å². The summed E-state index contributed by atoms with van der Waals surface area (Å²) in [6.07, 6.45) is 0. The third-order valence-corrected chi connectivity index (χ3v) is 4.32. The summed E-state index contributed by atoms with van der Waals surface area (Å²) in [5.41, 5.74) is 6.59. The molecule has 5 N–H and O–H groups in total. The van der Waals surface area contributed by atoms with Crippen LogP contribution in [0.2, 0.25) is 0 Å². The van der Waals surface area contributed by atoms with Gasteiger partial charge in [0.25, 0.3) is 0 Å². The van der Waals surface area contributed by atoms with Gasteiger partial charge in [-0.2, -0.15) is 0 Å². The van der Waals surface area contributed by atoms with E-state index in [0.717, 1.165) is 31.1 Å². The maximum atomic E-state index is 12.0. The van der Waals surface area contributed by atoms with Crippen molar-refractivity contribution in [1.29, 1.82) is 0 Å². The number of urea groups is 1. The molecule has 142 valence electrons. The lowest BCUT2D eigenvalue weighted by atomic mass is 10.2. The van der Waals surface area contributed by atoms with E-state index >= 15 is 0 Å². The van der Waals surface area contributed by atoms with E-state index in [1.54, 1.807) is 4.90 Å². The summed E-state index contributed by atoms with van der Waals surface area (Å²) >= 11 is 0. The van der Waals surface area contributed by atoms with E-state index in [0.29, 0.717) is 13.1 Å². The summed E-state index contributed by atoms with van der Waals surface area (Å²) in [6, 6.07) is 17.5. The van der Waals surface area contributed by atoms with Gasteiger partial charge in [-0.15, -0.1) is 5.10 Å². The number of amides is 2. The number of carbonyl (C=O) groups is 1. The Balaban J connectivity index is 1.52. The molecule has 0 aliphatic carbocycles. The van der Waals surface area contributed by atoms with E-state index in [4.69, 9.17) is 16.3 Å². The van der Waals surface area contributed by atoms with Crippen LogP contribution in [0.25, 0.3) is 0 Å². The second-order valence-corrected chi connectivity index (χ2v) is 6.27. The summed E-state index contributed by atoms with van der Waals surface area (Å²) in [5, 5.41) is 5.69. The molecule has 0 atom stereocenters. The standard InChI is InChI=1S/C19H24N6O2/c20-18(23-21)22-19(26)25-11-9-24(10-12-25)14-15-5-4-8-17(13-15)27-16-6-2-1-3-7-16/h1-8,13H,9-12,14,21H2,(H3,20,22,23,26). The predicted octanol–water partition coefficient (Wildman–Crippen LogP) is 1.49. The minimum Gasteiger partial charge on any atom is -0.457 e. The monoisotopic (exact) mass is 368 g/mol. The van der Waals surface area contributed by atoms with Gasteiger partial charge in [-0.05, 0) is 29.8 Å². The third-order valence-electron chi connectivity index (χ3n) is 4.32. The van der Waals surface area contributed by atoms with Crippen LogP contribution in [0.15, 0.2) is 59.7 Å². The van der Waals surface area contributed by atoms with E-state index in [9.17, 15) is 4.79 Å².